The summed E-state index contributed by atoms with van der Waals surface area (Å²) in [7, 11) is 4.72. The number of piperazine rings is 1. The molecule has 3 heterocycles. The fraction of sp³-hybridized carbons (Fsp3) is 0.483. The summed E-state index contributed by atoms with van der Waals surface area (Å²) >= 11 is 0. The summed E-state index contributed by atoms with van der Waals surface area (Å²) in [6.07, 6.45) is -1.24. The van der Waals surface area contributed by atoms with Gasteiger partial charge in [0.1, 0.15) is 17.7 Å². The molecular weight excluding hydrogens is 530 g/mol. The molecule has 1 aromatic heterocycles. The zero-order valence-electron chi connectivity index (χ0n) is 23.9. The highest BCUT2D eigenvalue weighted by Gasteiger charge is 2.30. The third kappa shape index (κ3) is 6.24. The van der Waals surface area contributed by atoms with E-state index in [4.69, 9.17) is 33.7 Å². The van der Waals surface area contributed by atoms with E-state index in [9.17, 15) is 9.90 Å². The monoisotopic (exact) mass is 567 g/mol. The molecule has 1 saturated heterocycles. The molecule has 3 aromatic rings. The van der Waals surface area contributed by atoms with Gasteiger partial charge in [0, 0.05) is 76.8 Å². The number of ether oxygens (including phenoxy) is 5. The Labute approximate surface area is 239 Å². The van der Waals surface area contributed by atoms with Crippen molar-refractivity contribution < 1.29 is 33.6 Å². The van der Waals surface area contributed by atoms with Crippen molar-refractivity contribution >= 4 is 28.4 Å². The zero-order valence-corrected chi connectivity index (χ0v) is 23.9. The van der Waals surface area contributed by atoms with E-state index in [1.165, 1.54) is 4.90 Å². The third-order valence-corrected chi connectivity index (χ3v) is 7.51. The van der Waals surface area contributed by atoms with Crippen molar-refractivity contribution in [3.05, 3.63) is 47.7 Å². The summed E-state index contributed by atoms with van der Waals surface area (Å²) in [6.45, 7) is 5.19. The molecule has 41 heavy (non-hydrogen) atoms. The quantitative estimate of drug-likeness (QED) is 0.363. The summed E-state index contributed by atoms with van der Waals surface area (Å²) in [5.74, 6) is 1.52. The molecule has 12 heteroatoms. The molecule has 0 bridgehead atoms. The van der Waals surface area contributed by atoms with Crippen LogP contribution in [0.2, 0.25) is 0 Å². The van der Waals surface area contributed by atoms with Crippen LogP contribution in [0.4, 0.5) is 16.3 Å². The summed E-state index contributed by atoms with van der Waals surface area (Å²) in [6, 6.07) is 12.5. The maximum atomic E-state index is 11.5. The summed E-state index contributed by atoms with van der Waals surface area (Å²) in [5.41, 5.74) is 2.96. The van der Waals surface area contributed by atoms with Crippen LogP contribution >= 0.6 is 0 Å². The van der Waals surface area contributed by atoms with Crippen molar-refractivity contribution in [3.8, 4) is 11.8 Å². The number of fused-ring (bicyclic) bond motifs is 2. The second kappa shape index (κ2) is 12.8. The van der Waals surface area contributed by atoms with Gasteiger partial charge in [-0.1, -0.05) is 24.3 Å². The van der Waals surface area contributed by atoms with Gasteiger partial charge in [0.15, 0.2) is 13.1 Å². The maximum Gasteiger partial charge on any atom is 0.407 e. The minimum Gasteiger partial charge on any atom is -0.467 e. The van der Waals surface area contributed by atoms with Crippen LogP contribution in [-0.4, -0.2) is 99.3 Å². The van der Waals surface area contributed by atoms with E-state index in [1.54, 1.807) is 21.3 Å². The molecule has 220 valence electrons. The average molecular weight is 568 g/mol. The molecule has 0 saturated carbocycles. The van der Waals surface area contributed by atoms with Gasteiger partial charge in [-0.05, 0) is 24.8 Å². The van der Waals surface area contributed by atoms with Crippen molar-refractivity contribution in [1.82, 2.24) is 14.9 Å². The number of nitrogens with zero attached hydrogens (tertiary/aromatic N) is 5. The molecule has 1 atom stereocenters. The average Bonchev–Trinajstić information content (AvgIpc) is 2.99. The SMILES string of the molecule is COCOc1cc(N2CCc3c(nc(O[C@H](C)C(OC)OC)nc3N3CCN(C(=O)O)CC3)C2)c2ccccc2c1. The van der Waals surface area contributed by atoms with Gasteiger partial charge in [-0.15, -0.1) is 0 Å². The first-order chi connectivity index (χ1) is 19.9. The fourth-order valence-electron chi connectivity index (χ4n) is 5.45. The first-order valence-corrected chi connectivity index (χ1v) is 13.7. The second-order valence-corrected chi connectivity index (χ2v) is 10.1. The lowest BCUT2D eigenvalue weighted by Gasteiger charge is -2.37. The van der Waals surface area contributed by atoms with Crippen LogP contribution in [0.25, 0.3) is 10.8 Å². The summed E-state index contributed by atoms with van der Waals surface area (Å²) < 4.78 is 27.8. The van der Waals surface area contributed by atoms with Gasteiger partial charge in [-0.25, -0.2) is 4.79 Å². The van der Waals surface area contributed by atoms with E-state index < -0.39 is 18.5 Å². The Kier molecular flexibility index (Phi) is 8.91. The standard InChI is InChI=1S/C29H37N5O7/c1-19(27(38-3)39-4)41-28-30-24-17-34(25-16-21(40-18-37-2)15-20-7-5-6-8-22(20)25)10-9-23(24)26(31-28)32-11-13-33(14-12-32)29(35)36/h5-8,15-16,19,27H,9-14,17-18H2,1-4H3,(H,35,36)/t19-/m1/s1. The number of methoxy groups -OCH3 is 3. The molecule has 0 spiro atoms. The van der Waals surface area contributed by atoms with E-state index >= 15 is 0 Å². The Morgan fingerprint density at radius 2 is 1.76 bits per heavy atom. The van der Waals surface area contributed by atoms with Crippen LogP contribution in [-0.2, 0) is 27.2 Å². The molecular formula is C29H37N5O7. The number of anilines is 2. The fourth-order valence-corrected chi connectivity index (χ4v) is 5.45. The lowest BCUT2D eigenvalue weighted by Crippen LogP contribution is -2.49. The Bertz CT molecular complexity index is 1360. The maximum absolute atomic E-state index is 11.5. The Balaban J connectivity index is 1.50. The van der Waals surface area contributed by atoms with E-state index in [2.05, 4.69) is 21.9 Å². The number of amides is 1. The number of rotatable bonds is 10. The lowest BCUT2D eigenvalue weighted by molar-refractivity contribution is -0.152. The van der Waals surface area contributed by atoms with Crippen molar-refractivity contribution in [3.63, 3.8) is 0 Å². The number of benzene rings is 2. The number of carboxylic acid groups (broad SMARTS) is 1. The van der Waals surface area contributed by atoms with Gasteiger partial charge >= 0.3 is 12.1 Å². The predicted octanol–water partition coefficient (Wildman–Crippen LogP) is 3.36. The van der Waals surface area contributed by atoms with Gasteiger partial charge < -0.3 is 43.5 Å². The molecule has 1 fully saturated rings. The van der Waals surface area contributed by atoms with Gasteiger partial charge in [-0.2, -0.15) is 9.97 Å². The Morgan fingerprint density at radius 1 is 1.00 bits per heavy atom. The molecule has 0 aliphatic carbocycles. The Hall–Kier alpha value is -3.87. The van der Waals surface area contributed by atoms with Crippen LogP contribution in [0.3, 0.4) is 0 Å². The van der Waals surface area contributed by atoms with Crippen LogP contribution in [0, 0.1) is 0 Å². The minimum atomic E-state index is -0.906. The molecule has 12 nitrogen and oxygen atoms in total. The van der Waals surface area contributed by atoms with Crippen LogP contribution in [0.5, 0.6) is 11.8 Å². The van der Waals surface area contributed by atoms with Crippen molar-refractivity contribution in [2.24, 2.45) is 0 Å². The molecule has 1 N–H and O–H groups in total. The number of hydrogen-bond acceptors (Lipinski definition) is 10. The first-order valence-electron chi connectivity index (χ1n) is 13.7. The highest BCUT2D eigenvalue weighted by molar-refractivity contribution is 5.95. The summed E-state index contributed by atoms with van der Waals surface area (Å²) in [4.78, 5) is 27.0. The second-order valence-electron chi connectivity index (χ2n) is 10.1. The largest absolute Gasteiger partial charge is 0.467 e. The number of hydrogen-bond donors (Lipinski definition) is 1. The van der Waals surface area contributed by atoms with E-state index in [-0.39, 0.29) is 12.8 Å². The van der Waals surface area contributed by atoms with Gasteiger partial charge in [-0.3, -0.25) is 0 Å². The molecule has 2 aliphatic heterocycles. The summed E-state index contributed by atoms with van der Waals surface area (Å²) in [5, 5.41) is 11.6. The highest BCUT2D eigenvalue weighted by Crippen LogP contribution is 2.37. The van der Waals surface area contributed by atoms with Gasteiger partial charge in [0.2, 0.25) is 0 Å². The molecule has 2 aromatic carbocycles. The third-order valence-electron chi connectivity index (χ3n) is 7.51. The molecule has 0 unspecified atom stereocenters. The lowest BCUT2D eigenvalue weighted by atomic mass is 10.0. The van der Waals surface area contributed by atoms with Gasteiger partial charge in [0.25, 0.3) is 0 Å². The van der Waals surface area contributed by atoms with Crippen molar-refractivity contribution in [1.29, 1.82) is 0 Å². The normalized spacial score (nSPS) is 16.2. The number of aromatic nitrogens is 2. The molecule has 5 rings (SSSR count). The van der Waals surface area contributed by atoms with Crippen LogP contribution < -0.4 is 19.3 Å². The van der Waals surface area contributed by atoms with Gasteiger partial charge in [0.05, 0.1) is 12.2 Å². The van der Waals surface area contributed by atoms with Crippen LogP contribution in [0.15, 0.2) is 36.4 Å². The van der Waals surface area contributed by atoms with Crippen molar-refractivity contribution in [2.45, 2.75) is 32.3 Å². The highest BCUT2D eigenvalue weighted by atomic mass is 16.7. The molecule has 2 aliphatic rings. The topological polar surface area (TPSA) is 119 Å². The van der Waals surface area contributed by atoms with Crippen molar-refractivity contribution in [2.75, 3.05) is 70.6 Å². The van der Waals surface area contributed by atoms with E-state index in [0.717, 1.165) is 52.3 Å². The van der Waals surface area contributed by atoms with E-state index in [1.807, 2.05) is 31.2 Å². The van der Waals surface area contributed by atoms with E-state index in [0.29, 0.717) is 32.7 Å². The Morgan fingerprint density at radius 3 is 2.46 bits per heavy atom. The predicted molar refractivity (Wildman–Crippen MR) is 153 cm³/mol. The first kappa shape index (κ1) is 28.7. The number of carbonyl (C=O) groups is 1. The minimum absolute atomic E-state index is 0.162. The zero-order chi connectivity index (χ0) is 28.9. The molecule has 0 radical (unpaired) electrons. The van der Waals surface area contributed by atoms with Crippen LogP contribution in [0.1, 0.15) is 18.2 Å². The smallest absolute Gasteiger partial charge is 0.407 e. The molecule has 1 amide bonds.